The van der Waals surface area contributed by atoms with Gasteiger partial charge in [-0.25, -0.2) is 4.98 Å². The zero-order valence-corrected chi connectivity index (χ0v) is 17.1. The van der Waals surface area contributed by atoms with Crippen molar-refractivity contribution in [1.29, 1.82) is 0 Å². The number of carbonyl (C=O) groups excluding carboxylic acids is 2. The second kappa shape index (κ2) is 10.1. The average molecular weight is 424 g/mol. The maximum absolute atomic E-state index is 12.0. The second-order valence-electron chi connectivity index (χ2n) is 5.58. The molecule has 2 heterocycles. The second-order valence-corrected chi connectivity index (χ2v) is 7.82. The number of thiazole rings is 1. The summed E-state index contributed by atoms with van der Waals surface area (Å²) in [6.45, 7) is 0. The molecule has 0 saturated heterocycles. The van der Waals surface area contributed by atoms with Crippen LogP contribution >= 0.6 is 34.3 Å². The van der Waals surface area contributed by atoms with E-state index in [0.29, 0.717) is 16.4 Å². The third-order valence-electron chi connectivity index (χ3n) is 3.07. The summed E-state index contributed by atoms with van der Waals surface area (Å²) < 4.78 is 0. The highest BCUT2D eigenvalue weighted by Gasteiger charge is 2.11. The Kier molecular flexibility index (Phi) is 7.78. The Morgan fingerprint density at radius 2 is 2.07 bits per heavy atom. The SMILES string of the molecule is CN(C)C=O.O=C(Cc1csc(-c2cccs2)n1)Nc1cc(Cl)ccc1O. The number of hydrogen-bond donors (Lipinski definition) is 2. The first-order valence-corrected chi connectivity index (χ1v) is 9.91. The molecule has 0 unspecified atom stereocenters. The number of aromatic hydroxyl groups is 1. The lowest BCUT2D eigenvalue weighted by Gasteiger charge is -2.06. The molecular formula is C18H18ClN3O3S2. The monoisotopic (exact) mass is 423 g/mol. The summed E-state index contributed by atoms with van der Waals surface area (Å²) in [7, 11) is 3.38. The van der Waals surface area contributed by atoms with Crippen LogP contribution in [-0.2, 0) is 16.0 Å². The van der Waals surface area contributed by atoms with Gasteiger partial charge in [-0.2, -0.15) is 0 Å². The van der Waals surface area contributed by atoms with Crippen molar-refractivity contribution in [2.75, 3.05) is 19.4 Å². The summed E-state index contributed by atoms with van der Waals surface area (Å²) >= 11 is 8.97. The van der Waals surface area contributed by atoms with E-state index in [1.54, 1.807) is 31.5 Å². The smallest absolute Gasteiger partial charge is 0.230 e. The van der Waals surface area contributed by atoms with Crippen molar-refractivity contribution >= 4 is 52.3 Å². The van der Waals surface area contributed by atoms with Crippen molar-refractivity contribution in [3.8, 4) is 15.6 Å². The van der Waals surface area contributed by atoms with Crippen LogP contribution in [0.2, 0.25) is 5.02 Å². The number of halogens is 1. The molecule has 0 aliphatic rings. The topological polar surface area (TPSA) is 82.5 Å². The lowest BCUT2D eigenvalue weighted by molar-refractivity contribution is -0.116. The molecule has 142 valence electrons. The molecule has 6 nitrogen and oxygen atoms in total. The highest BCUT2D eigenvalue weighted by atomic mass is 35.5. The van der Waals surface area contributed by atoms with Gasteiger partial charge in [0.1, 0.15) is 10.8 Å². The molecule has 0 spiro atoms. The Hall–Kier alpha value is -2.42. The summed E-state index contributed by atoms with van der Waals surface area (Å²) in [6.07, 6.45) is 0.897. The Morgan fingerprint density at radius 1 is 1.33 bits per heavy atom. The van der Waals surface area contributed by atoms with Gasteiger partial charge in [0.05, 0.1) is 22.7 Å². The molecule has 0 radical (unpaired) electrons. The van der Waals surface area contributed by atoms with E-state index >= 15 is 0 Å². The standard InChI is InChI=1S/C15H11ClN2O2S2.C3H7NO/c16-9-3-4-12(19)11(6-9)18-14(20)7-10-8-22-15(17-10)13-2-1-5-21-13;1-4(2)3-5/h1-6,8,19H,7H2,(H,18,20);3H,1-2H3. The molecule has 27 heavy (non-hydrogen) atoms. The largest absolute Gasteiger partial charge is 0.506 e. The van der Waals surface area contributed by atoms with Gasteiger partial charge in [-0.15, -0.1) is 22.7 Å². The van der Waals surface area contributed by atoms with Crippen molar-refractivity contribution in [3.05, 3.63) is 51.8 Å². The van der Waals surface area contributed by atoms with Gasteiger partial charge < -0.3 is 15.3 Å². The highest BCUT2D eigenvalue weighted by Crippen LogP contribution is 2.29. The molecule has 3 rings (SSSR count). The minimum absolute atomic E-state index is 0.0182. The van der Waals surface area contributed by atoms with E-state index in [9.17, 15) is 14.7 Å². The lowest BCUT2D eigenvalue weighted by atomic mass is 10.2. The van der Waals surface area contributed by atoms with Crippen LogP contribution in [0.4, 0.5) is 5.69 Å². The van der Waals surface area contributed by atoms with Crippen LogP contribution in [0.15, 0.2) is 41.1 Å². The van der Waals surface area contributed by atoms with E-state index in [4.69, 9.17) is 11.6 Å². The molecule has 9 heteroatoms. The Morgan fingerprint density at radius 3 is 2.70 bits per heavy atom. The van der Waals surface area contributed by atoms with Crippen molar-refractivity contribution in [2.24, 2.45) is 0 Å². The number of nitrogens with one attached hydrogen (secondary N) is 1. The highest BCUT2D eigenvalue weighted by molar-refractivity contribution is 7.20. The quantitative estimate of drug-likeness (QED) is 0.477. The van der Waals surface area contributed by atoms with Gasteiger partial charge in [0.2, 0.25) is 12.3 Å². The van der Waals surface area contributed by atoms with E-state index in [-0.39, 0.29) is 18.1 Å². The molecular weight excluding hydrogens is 406 g/mol. The summed E-state index contributed by atoms with van der Waals surface area (Å²) in [4.78, 5) is 28.5. The first-order chi connectivity index (χ1) is 12.9. The number of thiophene rings is 1. The first-order valence-electron chi connectivity index (χ1n) is 7.77. The number of aromatic nitrogens is 1. The van der Waals surface area contributed by atoms with E-state index in [0.717, 1.165) is 16.3 Å². The molecule has 0 aliphatic carbocycles. The number of hydrogen-bond acceptors (Lipinski definition) is 6. The molecule has 0 aliphatic heterocycles. The summed E-state index contributed by atoms with van der Waals surface area (Å²) in [5.41, 5.74) is 0.999. The molecule has 0 bridgehead atoms. The van der Waals surface area contributed by atoms with Crippen LogP contribution in [0.1, 0.15) is 5.69 Å². The van der Waals surface area contributed by atoms with Crippen LogP contribution in [0.25, 0.3) is 9.88 Å². The van der Waals surface area contributed by atoms with Gasteiger partial charge in [-0.1, -0.05) is 17.7 Å². The van der Waals surface area contributed by atoms with Crippen molar-refractivity contribution in [1.82, 2.24) is 9.88 Å². The average Bonchev–Trinajstić information content (AvgIpc) is 3.30. The van der Waals surface area contributed by atoms with E-state index in [1.807, 2.05) is 22.9 Å². The number of rotatable bonds is 5. The normalized spacial score (nSPS) is 9.89. The lowest BCUT2D eigenvalue weighted by Crippen LogP contribution is -2.14. The van der Waals surface area contributed by atoms with Gasteiger partial charge in [-0.05, 0) is 29.6 Å². The number of anilines is 1. The maximum Gasteiger partial charge on any atom is 0.230 e. The number of nitrogens with zero attached hydrogens (tertiary/aromatic N) is 2. The molecule has 0 atom stereocenters. The molecule has 3 aromatic rings. The molecule has 2 amide bonds. The number of amides is 2. The zero-order chi connectivity index (χ0) is 19.8. The third kappa shape index (κ3) is 6.67. The van der Waals surface area contributed by atoms with Crippen LogP contribution < -0.4 is 5.32 Å². The number of phenolic OH excluding ortho intramolecular Hbond substituents is 1. The molecule has 0 fully saturated rings. The van der Waals surface area contributed by atoms with Gasteiger partial charge in [0.15, 0.2) is 0 Å². The van der Waals surface area contributed by atoms with Crippen LogP contribution in [0, 0.1) is 0 Å². The Labute approximate surface area is 170 Å². The molecule has 2 N–H and O–H groups in total. The minimum atomic E-state index is -0.249. The first kappa shape index (κ1) is 20.9. The fourth-order valence-corrected chi connectivity index (χ4v) is 3.67. The van der Waals surface area contributed by atoms with Crippen LogP contribution in [0.3, 0.4) is 0 Å². The zero-order valence-electron chi connectivity index (χ0n) is 14.7. The molecule has 2 aromatic heterocycles. The van der Waals surface area contributed by atoms with Crippen molar-refractivity contribution < 1.29 is 14.7 Å². The maximum atomic E-state index is 12.0. The number of phenols is 1. The van der Waals surface area contributed by atoms with Gasteiger partial charge in [0.25, 0.3) is 0 Å². The van der Waals surface area contributed by atoms with E-state index in [2.05, 4.69) is 10.3 Å². The van der Waals surface area contributed by atoms with Gasteiger partial charge >= 0.3 is 0 Å². The molecule has 1 aromatic carbocycles. The predicted octanol–water partition coefficient (Wildman–Crippen LogP) is 4.12. The Bertz CT molecular complexity index is 895. The Balaban J connectivity index is 0.000000465. The van der Waals surface area contributed by atoms with Crippen LogP contribution in [0.5, 0.6) is 5.75 Å². The van der Waals surface area contributed by atoms with Gasteiger partial charge in [-0.3, -0.25) is 9.59 Å². The fourth-order valence-electron chi connectivity index (χ4n) is 1.87. The molecule has 0 saturated carbocycles. The third-order valence-corrected chi connectivity index (χ3v) is 5.23. The fraction of sp³-hybridized carbons (Fsp3) is 0.167. The number of carbonyl (C=O) groups is 2. The van der Waals surface area contributed by atoms with Crippen molar-refractivity contribution in [2.45, 2.75) is 6.42 Å². The van der Waals surface area contributed by atoms with E-state index < -0.39 is 0 Å². The summed E-state index contributed by atoms with van der Waals surface area (Å²) in [5, 5.41) is 17.5. The predicted molar refractivity (Wildman–Crippen MR) is 111 cm³/mol. The number of benzene rings is 1. The summed E-state index contributed by atoms with van der Waals surface area (Å²) in [6, 6.07) is 8.47. The van der Waals surface area contributed by atoms with Gasteiger partial charge in [0, 0.05) is 24.5 Å². The minimum Gasteiger partial charge on any atom is -0.506 e. The summed E-state index contributed by atoms with van der Waals surface area (Å²) in [5.74, 6) is -0.268. The van der Waals surface area contributed by atoms with Crippen molar-refractivity contribution in [3.63, 3.8) is 0 Å². The van der Waals surface area contributed by atoms with Crippen LogP contribution in [-0.4, -0.2) is 41.4 Å². The van der Waals surface area contributed by atoms with E-state index in [1.165, 1.54) is 28.4 Å².